The highest BCUT2D eigenvalue weighted by Crippen LogP contribution is 2.06. The zero-order chi connectivity index (χ0) is 16.5. The molecule has 0 aliphatic carbocycles. The van der Waals surface area contributed by atoms with E-state index >= 15 is 0 Å². The molecule has 0 aromatic heterocycles. The maximum absolute atomic E-state index is 10.7. The van der Waals surface area contributed by atoms with E-state index in [-0.39, 0.29) is 6.42 Å². The van der Waals surface area contributed by atoms with Crippen LogP contribution in [0.15, 0.2) is 24.3 Å². The topological polar surface area (TPSA) is 55.8 Å². The highest BCUT2D eigenvalue weighted by molar-refractivity contribution is 5.66. The van der Waals surface area contributed by atoms with Gasteiger partial charge in [-0.1, -0.05) is 63.8 Å². The molecular formula is C18H32O4. The van der Waals surface area contributed by atoms with Gasteiger partial charge in [-0.3, -0.25) is 4.79 Å². The summed E-state index contributed by atoms with van der Waals surface area (Å²) in [5.41, 5.74) is 0. The van der Waals surface area contributed by atoms with Crippen LogP contribution in [0, 0.1) is 0 Å². The van der Waals surface area contributed by atoms with E-state index in [1.807, 2.05) is 12.2 Å². The lowest BCUT2D eigenvalue weighted by Crippen LogP contribution is -2.19. The van der Waals surface area contributed by atoms with Gasteiger partial charge in [0.1, 0.15) is 0 Å². The third-order valence-corrected chi connectivity index (χ3v) is 3.13. The lowest BCUT2D eigenvalue weighted by atomic mass is 10.2. The number of allylic oxidation sites excluding steroid dienone is 2. The third-order valence-electron chi connectivity index (χ3n) is 3.13. The lowest BCUT2D eigenvalue weighted by molar-refractivity contribution is -0.148. The van der Waals surface area contributed by atoms with Gasteiger partial charge in [0.2, 0.25) is 0 Å². The number of ether oxygens (including phenoxy) is 2. The smallest absolute Gasteiger partial charge is 0.303 e. The maximum Gasteiger partial charge on any atom is 0.303 e. The first kappa shape index (κ1) is 20.9. The highest BCUT2D eigenvalue weighted by Gasteiger charge is 2.10. The molecule has 0 radical (unpaired) electrons. The second kappa shape index (κ2) is 16.2. The molecule has 1 N–H and O–H groups in total. The minimum Gasteiger partial charge on any atom is -0.481 e. The summed E-state index contributed by atoms with van der Waals surface area (Å²) in [4.78, 5) is 10.7. The van der Waals surface area contributed by atoms with Gasteiger partial charge in [0, 0.05) is 6.42 Å². The molecule has 0 aromatic rings. The van der Waals surface area contributed by atoms with Crippen LogP contribution in [-0.2, 0) is 14.3 Å². The number of carboxylic acids is 1. The van der Waals surface area contributed by atoms with Gasteiger partial charge in [0.15, 0.2) is 6.29 Å². The Hall–Kier alpha value is -1.13. The number of carboxylic acid groups (broad SMARTS) is 1. The fraction of sp³-hybridized carbons (Fsp3) is 0.722. The molecule has 0 heterocycles. The number of unbranched alkanes of at least 4 members (excludes halogenated alkanes) is 4. The molecule has 22 heavy (non-hydrogen) atoms. The van der Waals surface area contributed by atoms with Gasteiger partial charge in [0.25, 0.3) is 0 Å². The molecule has 0 spiro atoms. The van der Waals surface area contributed by atoms with Crippen LogP contribution >= 0.6 is 0 Å². The number of aliphatic carboxylic acids is 1. The molecule has 4 heteroatoms. The van der Waals surface area contributed by atoms with Gasteiger partial charge in [-0.05, 0) is 12.8 Å². The first-order chi connectivity index (χ1) is 10.7. The quantitative estimate of drug-likeness (QED) is 0.270. The molecule has 0 aromatic carbocycles. The van der Waals surface area contributed by atoms with Crippen LogP contribution in [0.3, 0.4) is 0 Å². The van der Waals surface area contributed by atoms with Crippen LogP contribution in [0.5, 0.6) is 0 Å². The molecule has 0 aliphatic rings. The van der Waals surface area contributed by atoms with Crippen LogP contribution in [0.25, 0.3) is 0 Å². The minimum absolute atomic E-state index is 0.0593. The summed E-state index contributed by atoms with van der Waals surface area (Å²) >= 11 is 0. The van der Waals surface area contributed by atoms with Crippen LogP contribution in [-0.4, -0.2) is 30.6 Å². The van der Waals surface area contributed by atoms with Crippen LogP contribution in [0.4, 0.5) is 0 Å². The predicted octanol–water partition coefficient (Wildman–Crippen LogP) is 4.70. The van der Waals surface area contributed by atoms with Crippen LogP contribution in [0.1, 0.15) is 65.2 Å². The van der Waals surface area contributed by atoms with E-state index in [1.54, 1.807) is 0 Å². The maximum atomic E-state index is 10.7. The van der Waals surface area contributed by atoms with E-state index in [0.717, 1.165) is 12.8 Å². The molecule has 0 fully saturated rings. The largest absolute Gasteiger partial charge is 0.481 e. The first-order valence-electron chi connectivity index (χ1n) is 8.45. The molecular weight excluding hydrogens is 280 g/mol. The molecule has 0 saturated carbocycles. The van der Waals surface area contributed by atoms with Crippen LogP contribution in [0.2, 0.25) is 0 Å². The van der Waals surface area contributed by atoms with Crippen molar-refractivity contribution in [1.82, 2.24) is 0 Å². The SMILES string of the molecule is CCCC/C=C/COC(CCC(=O)O)OC/C=C/CCCC. The second-order valence-corrected chi connectivity index (χ2v) is 5.26. The van der Waals surface area contributed by atoms with E-state index < -0.39 is 12.3 Å². The lowest BCUT2D eigenvalue weighted by Gasteiger charge is -2.16. The van der Waals surface area contributed by atoms with Gasteiger partial charge in [-0.15, -0.1) is 0 Å². The van der Waals surface area contributed by atoms with Crippen molar-refractivity contribution in [2.45, 2.75) is 71.5 Å². The van der Waals surface area contributed by atoms with Crippen LogP contribution < -0.4 is 0 Å². The predicted molar refractivity (Wildman–Crippen MR) is 89.9 cm³/mol. The Labute approximate surface area is 135 Å². The Bertz CT molecular complexity index is 288. The fourth-order valence-corrected chi connectivity index (χ4v) is 1.80. The van der Waals surface area contributed by atoms with Crippen molar-refractivity contribution in [2.24, 2.45) is 0 Å². The summed E-state index contributed by atoms with van der Waals surface area (Å²) in [7, 11) is 0. The molecule has 0 unspecified atom stereocenters. The van der Waals surface area contributed by atoms with Gasteiger partial charge in [-0.2, -0.15) is 0 Å². The first-order valence-corrected chi connectivity index (χ1v) is 8.45. The van der Waals surface area contributed by atoms with Gasteiger partial charge >= 0.3 is 5.97 Å². The monoisotopic (exact) mass is 312 g/mol. The normalized spacial score (nSPS) is 12.0. The van der Waals surface area contributed by atoms with Gasteiger partial charge in [-0.25, -0.2) is 0 Å². The Balaban J connectivity index is 3.95. The number of carbonyl (C=O) groups is 1. The van der Waals surface area contributed by atoms with E-state index in [9.17, 15) is 4.79 Å². The molecule has 0 atom stereocenters. The fourth-order valence-electron chi connectivity index (χ4n) is 1.80. The highest BCUT2D eigenvalue weighted by atomic mass is 16.7. The van der Waals surface area contributed by atoms with E-state index in [2.05, 4.69) is 26.0 Å². The second-order valence-electron chi connectivity index (χ2n) is 5.26. The Morgan fingerprint density at radius 2 is 1.45 bits per heavy atom. The Morgan fingerprint density at radius 3 is 1.86 bits per heavy atom. The van der Waals surface area contributed by atoms with Crippen molar-refractivity contribution in [3.8, 4) is 0 Å². The molecule has 4 nitrogen and oxygen atoms in total. The molecule has 128 valence electrons. The Morgan fingerprint density at radius 1 is 0.955 bits per heavy atom. The summed E-state index contributed by atoms with van der Waals surface area (Å²) in [6.45, 7) is 5.25. The summed E-state index contributed by atoms with van der Waals surface area (Å²) in [5.74, 6) is -0.825. The average Bonchev–Trinajstić information content (AvgIpc) is 2.50. The van der Waals surface area contributed by atoms with Crippen molar-refractivity contribution in [3.63, 3.8) is 0 Å². The van der Waals surface area contributed by atoms with Gasteiger partial charge in [0.05, 0.1) is 19.6 Å². The van der Waals surface area contributed by atoms with E-state index in [4.69, 9.17) is 14.6 Å². The molecule has 0 amide bonds. The summed E-state index contributed by atoms with van der Waals surface area (Å²) in [5, 5.41) is 8.76. The number of hydrogen-bond acceptors (Lipinski definition) is 3. The number of hydrogen-bond donors (Lipinski definition) is 1. The minimum atomic E-state index is -0.825. The molecule has 0 aliphatic heterocycles. The third kappa shape index (κ3) is 15.3. The van der Waals surface area contributed by atoms with Crippen molar-refractivity contribution in [3.05, 3.63) is 24.3 Å². The zero-order valence-corrected chi connectivity index (χ0v) is 14.1. The van der Waals surface area contributed by atoms with Crippen molar-refractivity contribution in [1.29, 1.82) is 0 Å². The van der Waals surface area contributed by atoms with E-state index in [1.165, 1.54) is 25.7 Å². The van der Waals surface area contributed by atoms with Crippen molar-refractivity contribution in [2.75, 3.05) is 13.2 Å². The molecule has 0 bridgehead atoms. The summed E-state index contributed by atoms with van der Waals surface area (Å²) in [6, 6.07) is 0. The Kier molecular flexibility index (Phi) is 15.4. The average molecular weight is 312 g/mol. The van der Waals surface area contributed by atoms with E-state index in [0.29, 0.717) is 19.6 Å². The molecule has 0 saturated heterocycles. The van der Waals surface area contributed by atoms with Crippen molar-refractivity contribution >= 4 is 5.97 Å². The summed E-state index contributed by atoms with van der Waals surface area (Å²) in [6.07, 6.45) is 15.0. The van der Waals surface area contributed by atoms with Gasteiger partial charge < -0.3 is 14.6 Å². The molecule has 0 rings (SSSR count). The standard InChI is InChI=1S/C18H32O4/c1-3-5-7-9-11-15-21-18(14-13-17(19)20)22-16-12-10-8-6-4-2/h9-12,18H,3-8,13-16H2,1-2H3,(H,19,20)/b11-9+,12-10+. The number of rotatable bonds is 15. The van der Waals surface area contributed by atoms with Crippen molar-refractivity contribution < 1.29 is 19.4 Å². The summed E-state index contributed by atoms with van der Waals surface area (Å²) < 4.78 is 11.2. The zero-order valence-electron chi connectivity index (χ0n) is 14.1.